The van der Waals surface area contributed by atoms with E-state index in [4.69, 9.17) is 10.6 Å². The molecular weight excluding hydrogens is 224 g/mol. The maximum Gasteiger partial charge on any atom is 0.0468 e. The van der Waals surface area contributed by atoms with Crippen molar-refractivity contribution in [3.05, 3.63) is 34.9 Å². The molecule has 2 rings (SSSR count). The van der Waals surface area contributed by atoms with Gasteiger partial charge in [0.1, 0.15) is 0 Å². The van der Waals surface area contributed by atoms with Crippen LogP contribution in [0.5, 0.6) is 0 Å². The highest BCUT2D eigenvalue weighted by molar-refractivity contribution is 5.31. The van der Waals surface area contributed by atoms with Crippen molar-refractivity contribution < 1.29 is 4.74 Å². The zero-order valence-corrected chi connectivity index (χ0v) is 11.4. The molecule has 0 amide bonds. The Balaban J connectivity index is 2.04. The van der Waals surface area contributed by atoms with Gasteiger partial charge in [-0.15, -0.1) is 0 Å². The number of nitrogens with two attached hydrogens (primary N) is 1. The maximum atomic E-state index is 5.73. The van der Waals surface area contributed by atoms with Crippen molar-refractivity contribution in [1.29, 1.82) is 0 Å². The molecule has 0 aliphatic carbocycles. The minimum atomic E-state index is 0.257. The van der Waals surface area contributed by atoms with E-state index in [1.807, 2.05) is 0 Å². The summed E-state index contributed by atoms with van der Waals surface area (Å²) in [5.74, 6) is 6.45. The second-order valence-electron chi connectivity index (χ2n) is 5.35. The molecule has 1 aliphatic rings. The van der Waals surface area contributed by atoms with Crippen LogP contribution in [0.4, 0.5) is 0 Å². The van der Waals surface area contributed by atoms with Gasteiger partial charge in [0.05, 0.1) is 0 Å². The van der Waals surface area contributed by atoms with Crippen molar-refractivity contribution in [1.82, 2.24) is 5.43 Å². The predicted octanol–water partition coefficient (Wildman–Crippen LogP) is 2.62. The van der Waals surface area contributed by atoms with Crippen molar-refractivity contribution in [3.63, 3.8) is 0 Å². The Hall–Kier alpha value is -0.900. The quantitative estimate of drug-likeness (QED) is 0.636. The van der Waals surface area contributed by atoms with Crippen molar-refractivity contribution in [2.24, 2.45) is 11.8 Å². The third-order valence-electron chi connectivity index (χ3n) is 4.04. The summed E-state index contributed by atoms with van der Waals surface area (Å²) in [5, 5.41) is 0. The van der Waals surface area contributed by atoms with Gasteiger partial charge in [-0.25, -0.2) is 0 Å². The fourth-order valence-corrected chi connectivity index (χ4v) is 2.60. The lowest BCUT2D eigenvalue weighted by molar-refractivity contribution is 0.0605. The van der Waals surface area contributed by atoms with E-state index in [1.165, 1.54) is 16.7 Å². The van der Waals surface area contributed by atoms with Crippen LogP contribution in [0.25, 0.3) is 0 Å². The molecular formula is C15H24N2O. The molecule has 18 heavy (non-hydrogen) atoms. The number of hydrazine groups is 1. The first kappa shape index (κ1) is 13.5. The number of hydrogen-bond acceptors (Lipinski definition) is 3. The van der Waals surface area contributed by atoms with Crippen LogP contribution < -0.4 is 11.3 Å². The fraction of sp³-hybridized carbons (Fsp3) is 0.600. The van der Waals surface area contributed by atoms with Gasteiger partial charge in [0.25, 0.3) is 0 Å². The molecule has 0 bridgehead atoms. The second-order valence-corrected chi connectivity index (χ2v) is 5.35. The number of rotatable bonds is 4. The van der Waals surface area contributed by atoms with Crippen molar-refractivity contribution >= 4 is 0 Å². The maximum absolute atomic E-state index is 5.73. The minimum Gasteiger partial charge on any atom is -0.381 e. The third-order valence-corrected chi connectivity index (χ3v) is 4.04. The normalized spacial score (nSPS) is 18.8. The van der Waals surface area contributed by atoms with Crippen LogP contribution in [0.15, 0.2) is 18.2 Å². The summed E-state index contributed by atoms with van der Waals surface area (Å²) >= 11 is 0. The number of aryl methyl sites for hydroxylation is 2. The van der Waals surface area contributed by atoms with Gasteiger partial charge in [-0.05, 0) is 55.7 Å². The molecule has 1 aliphatic heterocycles. The lowest BCUT2D eigenvalue weighted by Gasteiger charge is -2.26. The molecule has 1 aromatic rings. The molecule has 100 valence electrons. The second kappa shape index (κ2) is 6.32. The van der Waals surface area contributed by atoms with Crippen LogP contribution in [0.1, 0.15) is 42.0 Å². The van der Waals surface area contributed by atoms with Crippen molar-refractivity contribution in [2.75, 3.05) is 13.2 Å². The van der Waals surface area contributed by atoms with Crippen LogP contribution in [0, 0.1) is 19.8 Å². The summed E-state index contributed by atoms with van der Waals surface area (Å²) in [5.41, 5.74) is 6.94. The van der Waals surface area contributed by atoms with Crippen LogP contribution in [0.3, 0.4) is 0 Å². The summed E-state index contributed by atoms with van der Waals surface area (Å²) in [6.45, 7) is 6.09. The average Bonchev–Trinajstić information content (AvgIpc) is 2.40. The molecule has 1 fully saturated rings. The summed E-state index contributed by atoms with van der Waals surface area (Å²) in [7, 11) is 0. The predicted molar refractivity (Wildman–Crippen MR) is 74.1 cm³/mol. The average molecular weight is 248 g/mol. The number of benzene rings is 1. The zero-order valence-electron chi connectivity index (χ0n) is 11.4. The lowest BCUT2D eigenvalue weighted by Crippen LogP contribution is -2.31. The fourth-order valence-electron chi connectivity index (χ4n) is 2.60. The van der Waals surface area contributed by atoms with Gasteiger partial charge in [-0.2, -0.15) is 0 Å². The Labute approximate surface area is 110 Å². The molecule has 1 unspecified atom stereocenters. The monoisotopic (exact) mass is 248 g/mol. The smallest absolute Gasteiger partial charge is 0.0468 e. The molecule has 3 nitrogen and oxygen atoms in total. The largest absolute Gasteiger partial charge is 0.381 e. The van der Waals surface area contributed by atoms with E-state index in [1.54, 1.807) is 0 Å². The summed E-state index contributed by atoms with van der Waals surface area (Å²) in [6, 6.07) is 6.87. The van der Waals surface area contributed by atoms with Gasteiger partial charge in [-0.3, -0.25) is 11.3 Å². The Bertz CT molecular complexity index is 386. The van der Waals surface area contributed by atoms with E-state index in [0.717, 1.165) is 38.4 Å². The third kappa shape index (κ3) is 3.31. The van der Waals surface area contributed by atoms with E-state index in [2.05, 4.69) is 37.5 Å². The first-order valence-corrected chi connectivity index (χ1v) is 6.81. The minimum absolute atomic E-state index is 0.257. The summed E-state index contributed by atoms with van der Waals surface area (Å²) in [6.07, 6.45) is 3.41. The number of ether oxygens (including phenoxy) is 1. The zero-order chi connectivity index (χ0) is 13.0. The van der Waals surface area contributed by atoms with E-state index in [9.17, 15) is 0 Å². The van der Waals surface area contributed by atoms with Gasteiger partial charge in [-0.1, -0.05) is 18.2 Å². The van der Waals surface area contributed by atoms with Gasteiger partial charge >= 0.3 is 0 Å². The van der Waals surface area contributed by atoms with E-state index in [0.29, 0.717) is 0 Å². The van der Waals surface area contributed by atoms with E-state index < -0.39 is 0 Å². The van der Waals surface area contributed by atoms with Gasteiger partial charge in [0.15, 0.2) is 0 Å². The lowest BCUT2D eigenvalue weighted by atomic mass is 9.89. The topological polar surface area (TPSA) is 47.3 Å². The SMILES string of the molecule is Cc1ccc(C(CC2CCOCC2)NN)cc1C. The molecule has 1 atom stereocenters. The number of hydrogen-bond donors (Lipinski definition) is 2. The summed E-state index contributed by atoms with van der Waals surface area (Å²) in [4.78, 5) is 0. The Kier molecular flexibility index (Phi) is 4.75. The number of nitrogens with one attached hydrogen (secondary N) is 1. The highest BCUT2D eigenvalue weighted by Crippen LogP contribution is 2.28. The molecule has 0 aromatic heterocycles. The Morgan fingerprint density at radius 2 is 2.00 bits per heavy atom. The van der Waals surface area contributed by atoms with Crippen LogP contribution in [0.2, 0.25) is 0 Å². The molecule has 1 saturated heterocycles. The molecule has 3 heteroatoms. The first-order chi connectivity index (χ1) is 8.70. The molecule has 0 saturated carbocycles. The van der Waals surface area contributed by atoms with Crippen molar-refractivity contribution in [3.8, 4) is 0 Å². The summed E-state index contributed by atoms with van der Waals surface area (Å²) < 4.78 is 5.40. The van der Waals surface area contributed by atoms with Crippen LogP contribution >= 0.6 is 0 Å². The van der Waals surface area contributed by atoms with E-state index >= 15 is 0 Å². The van der Waals surface area contributed by atoms with E-state index in [-0.39, 0.29) is 6.04 Å². The molecule has 3 N–H and O–H groups in total. The first-order valence-electron chi connectivity index (χ1n) is 6.81. The standard InChI is InChI=1S/C15H24N2O/c1-11-3-4-14(9-12(11)2)15(17-16)10-13-5-7-18-8-6-13/h3-4,9,13,15,17H,5-8,10,16H2,1-2H3. The molecule has 1 heterocycles. The Morgan fingerprint density at radius 3 is 2.61 bits per heavy atom. The van der Waals surface area contributed by atoms with Gasteiger partial charge in [0, 0.05) is 19.3 Å². The van der Waals surface area contributed by atoms with Crippen LogP contribution in [-0.2, 0) is 4.74 Å². The van der Waals surface area contributed by atoms with Gasteiger partial charge in [0.2, 0.25) is 0 Å². The molecule has 0 radical (unpaired) electrons. The highest BCUT2D eigenvalue weighted by atomic mass is 16.5. The highest BCUT2D eigenvalue weighted by Gasteiger charge is 2.19. The van der Waals surface area contributed by atoms with Crippen LogP contribution in [-0.4, -0.2) is 13.2 Å². The van der Waals surface area contributed by atoms with Gasteiger partial charge < -0.3 is 4.74 Å². The van der Waals surface area contributed by atoms with Crippen molar-refractivity contribution in [2.45, 2.75) is 39.2 Å². The molecule has 1 aromatic carbocycles. The Morgan fingerprint density at radius 1 is 1.28 bits per heavy atom. The molecule has 0 spiro atoms.